The molecule has 0 saturated heterocycles. The van der Waals surface area contributed by atoms with E-state index in [0.717, 1.165) is 23.6 Å². The van der Waals surface area contributed by atoms with Crippen LogP contribution in [0, 0.1) is 23.4 Å². The predicted octanol–water partition coefficient (Wildman–Crippen LogP) is 7.15. The number of hydrogen-bond acceptors (Lipinski definition) is 1. The SMILES string of the molecule is CCCCC1CCC(c2ccc(COc3cc(F)c(F)c(F)c3)cc2)CC1. The lowest BCUT2D eigenvalue weighted by Crippen LogP contribution is -2.13. The van der Waals surface area contributed by atoms with Gasteiger partial charge in [-0.15, -0.1) is 0 Å². The molecule has 2 aromatic rings. The van der Waals surface area contributed by atoms with Gasteiger partial charge in [-0.2, -0.15) is 0 Å². The van der Waals surface area contributed by atoms with Crippen molar-refractivity contribution in [1.82, 2.24) is 0 Å². The maximum atomic E-state index is 13.2. The summed E-state index contributed by atoms with van der Waals surface area (Å²) in [5, 5.41) is 0. The highest BCUT2D eigenvalue weighted by Crippen LogP contribution is 2.37. The van der Waals surface area contributed by atoms with Crippen LogP contribution in [0.1, 0.15) is 68.9 Å². The van der Waals surface area contributed by atoms with E-state index in [0.29, 0.717) is 5.92 Å². The van der Waals surface area contributed by atoms with Crippen molar-refractivity contribution < 1.29 is 17.9 Å². The Labute approximate surface area is 159 Å². The van der Waals surface area contributed by atoms with E-state index in [-0.39, 0.29) is 12.4 Å². The lowest BCUT2D eigenvalue weighted by Gasteiger charge is -2.29. The molecule has 146 valence electrons. The third kappa shape index (κ3) is 5.27. The van der Waals surface area contributed by atoms with Crippen molar-refractivity contribution in [2.45, 2.75) is 64.4 Å². The second kappa shape index (κ2) is 9.29. The largest absolute Gasteiger partial charge is 0.489 e. The van der Waals surface area contributed by atoms with Gasteiger partial charge in [-0.05, 0) is 48.6 Å². The third-order valence-electron chi connectivity index (χ3n) is 5.63. The highest BCUT2D eigenvalue weighted by Gasteiger charge is 2.21. The van der Waals surface area contributed by atoms with E-state index in [1.807, 2.05) is 12.1 Å². The molecule has 0 heterocycles. The Hall–Kier alpha value is -1.97. The van der Waals surface area contributed by atoms with E-state index in [1.54, 1.807) is 0 Å². The maximum absolute atomic E-state index is 13.2. The van der Waals surface area contributed by atoms with Crippen LogP contribution in [0.15, 0.2) is 36.4 Å². The zero-order valence-electron chi connectivity index (χ0n) is 15.8. The van der Waals surface area contributed by atoms with Crippen molar-refractivity contribution in [2.75, 3.05) is 0 Å². The van der Waals surface area contributed by atoms with Crippen LogP contribution in [-0.4, -0.2) is 0 Å². The summed E-state index contributed by atoms with van der Waals surface area (Å²) in [5.74, 6) is -2.45. The predicted molar refractivity (Wildman–Crippen MR) is 101 cm³/mol. The number of rotatable bonds is 7. The maximum Gasteiger partial charge on any atom is 0.194 e. The zero-order valence-corrected chi connectivity index (χ0v) is 15.8. The zero-order chi connectivity index (χ0) is 19.2. The van der Waals surface area contributed by atoms with Crippen LogP contribution in [0.4, 0.5) is 13.2 Å². The van der Waals surface area contributed by atoms with Crippen molar-refractivity contribution in [3.8, 4) is 5.75 Å². The fraction of sp³-hybridized carbons (Fsp3) is 0.478. The molecule has 3 rings (SSSR count). The Morgan fingerprint density at radius 1 is 0.926 bits per heavy atom. The molecule has 0 radical (unpaired) electrons. The Balaban J connectivity index is 1.52. The van der Waals surface area contributed by atoms with Crippen LogP contribution in [0.25, 0.3) is 0 Å². The van der Waals surface area contributed by atoms with Gasteiger partial charge in [-0.25, -0.2) is 13.2 Å². The number of benzene rings is 2. The monoisotopic (exact) mass is 376 g/mol. The average Bonchev–Trinajstić information content (AvgIpc) is 2.69. The van der Waals surface area contributed by atoms with E-state index >= 15 is 0 Å². The lowest BCUT2D eigenvalue weighted by atomic mass is 9.77. The molecule has 0 aliphatic heterocycles. The standard InChI is InChI=1S/C23H27F3O/c1-2-3-4-16-5-9-18(10-6-16)19-11-7-17(8-12-19)15-27-20-13-21(24)23(26)22(25)14-20/h7-8,11-14,16,18H,2-6,9-10,15H2,1H3. The van der Waals surface area contributed by atoms with E-state index in [9.17, 15) is 13.2 Å². The van der Waals surface area contributed by atoms with Crippen LogP contribution < -0.4 is 4.74 Å². The highest BCUT2D eigenvalue weighted by atomic mass is 19.2. The Morgan fingerprint density at radius 3 is 2.15 bits per heavy atom. The summed E-state index contributed by atoms with van der Waals surface area (Å²) in [6, 6.07) is 9.97. The number of unbranched alkanes of at least 4 members (excludes halogenated alkanes) is 1. The normalized spacial score (nSPS) is 19.9. The molecule has 1 saturated carbocycles. The van der Waals surface area contributed by atoms with E-state index in [1.165, 1.54) is 50.5 Å². The average molecular weight is 376 g/mol. The molecule has 0 spiro atoms. The van der Waals surface area contributed by atoms with Crippen molar-refractivity contribution in [3.63, 3.8) is 0 Å². The van der Waals surface area contributed by atoms with Gasteiger partial charge < -0.3 is 4.74 Å². The number of ether oxygens (including phenoxy) is 1. The van der Waals surface area contributed by atoms with Crippen LogP contribution in [0.5, 0.6) is 5.75 Å². The minimum Gasteiger partial charge on any atom is -0.489 e. The van der Waals surface area contributed by atoms with Crippen LogP contribution in [0.3, 0.4) is 0 Å². The number of hydrogen-bond donors (Lipinski definition) is 0. The highest BCUT2D eigenvalue weighted by molar-refractivity contribution is 5.28. The third-order valence-corrected chi connectivity index (χ3v) is 5.63. The Morgan fingerprint density at radius 2 is 1.56 bits per heavy atom. The van der Waals surface area contributed by atoms with E-state index in [4.69, 9.17) is 4.74 Å². The second-order valence-electron chi connectivity index (χ2n) is 7.59. The molecule has 0 amide bonds. The summed E-state index contributed by atoms with van der Waals surface area (Å²) in [6.07, 6.45) is 9.11. The molecule has 1 nitrogen and oxygen atoms in total. The first-order chi connectivity index (χ1) is 13.1. The molecule has 0 aromatic heterocycles. The second-order valence-corrected chi connectivity index (χ2v) is 7.59. The van der Waals surface area contributed by atoms with E-state index in [2.05, 4.69) is 19.1 Å². The fourth-order valence-corrected chi connectivity index (χ4v) is 3.95. The molecule has 1 fully saturated rings. The van der Waals surface area contributed by atoms with Crippen LogP contribution >= 0.6 is 0 Å². The molecule has 0 bridgehead atoms. The molecular formula is C23H27F3O. The molecule has 0 unspecified atom stereocenters. The van der Waals surface area contributed by atoms with Gasteiger partial charge in [0.05, 0.1) is 0 Å². The minimum absolute atomic E-state index is 0.0131. The summed E-state index contributed by atoms with van der Waals surface area (Å²) >= 11 is 0. The quantitative estimate of drug-likeness (QED) is 0.466. The Bertz CT molecular complexity index is 711. The molecule has 0 atom stereocenters. The molecule has 1 aliphatic rings. The summed E-state index contributed by atoms with van der Waals surface area (Å²) in [7, 11) is 0. The minimum atomic E-state index is -1.48. The summed E-state index contributed by atoms with van der Waals surface area (Å²) < 4.78 is 44.8. The van der Waals surface area contributed by atoms with Gasteiger partial charge >= 0.3 is 0 Å². The van der Waals surface area contributed by atoms with Crippen LogP contribution in [-0.2, 0) is 6.61 Å². The first kappa shape index (κ1) is 19.8. The first-order valence-electron chi connectivity index (χ1n) is 9.93. The van der Waals surface area contributed by atoms with Crippen molar-refractivity contribution in [2.24, 2.45) is 5.92 Å². The van der Waals surface area contributed by atoms with Gasteiger partial charge in [-0.1, -0.05) is 50.5 Å². The fourth-order valence-electron chi connectivity index (χ4n) is 3.95. The van der Waals surface area contributed by atoms with Gasteiger partial charge in [0.1, 0.15) is 12.4 Å². The lowest BCUT2D eigenvalue weighted by molar-refractivity contribution is 0.298. The van der Waals surface area contributed by atoms with Gasteiger partial charge in [0.2, 0.25) is 0 Å². The van der Waals surface area contributed by atoms with E-state index < -0.39 is 17.5 Å². The number of halogens is 3. The summed E-state index contributed by atoms with van der Waals surface area (Å²) in [6.45, 7) is 2.44. The molecule has 27 heavy (non-hydrogen) atoms. The molecule has 0 N–H and O–H groups in total. The topological polar surface area (TPSA) is 9.23 Å². The molecular weight excluding hydrogens is 349 g/mol. The summed E-state index contributed by atoms with van der Waals surface area (Å²) in [4.78, 5) is 0. The molecule has 1 aliphatic carbocycles. The summed E-state index contributed by atoms with van der Waals surface area (Å²) in [5.41, 5.74) is 2.27. The van der Waals surface area contributed by atoms with Crippen molar-refractivity contribution in [3.05, 3.63) is 65.0 Å². The van der Waals surface area contributed by atoms with Gasteiger partial charge in [0.15, 0.2) is 17.5 Å². The first-order valence-corrected chi connectivity index (χ1v) is 9.93. The van der Waals surface area contributed by atoms with Gasteiger partial charge in [-0.3, -0.25) is 0 Å². The van der Waals surface area contributed by atoms with Crippen LogP contribution in [0.2, 0.25) is 0 Å². The van der Waals surface area contributed by atoms with Gasteiger partial charge in [0, 0.05) is 12.1 Å². The van der Waals surface area contributed by atoms with Crippen molar-refractivity contribution in [1.29, 1.82) is 0 Å². The Kier molecular flexibility index (Phi) is 6.81. The van der Waals surface area contributed by atoms with Gasteiger partial charge in [0.25, 0.3) is 0 Å². The van der Waals surface area contributed by atoms with Crippen molar-refractivity contribution >= 4 is 0 Å². The molecule has 4 heteroatoms. The molecule has 2 aromatic carbocycles. The smallest absolute Gasteiger partial charge is 0.194 e.